The molecular weight excluding hydrogens is 124 g/mol. The highest BCUT2D eigenvalue weighted by Gasteiger charge is 2.19. The molecular formula is C8H18N2. The van der Waals surface area contributed by atoms with Gasteiger partial charge < -0.3 is 11.1 Å². The van der Waals surface area contributed by atoms with Crippen molar-refractivity contribution in [1.29, 1.82) is 0 Å². The molecule has 3 N–H and O–H groups in total. The molecule has 0 bridgehead atoms. The van der Waals surface area contributed by atoms with Gasteiger partial charge in [-0.25, -0.2) is 0 Å². The minimum atomic E-state index is 0.628. The Labute approximate surface area is 63.2 Å². The van der Waals surface area contributed by atoms with E-state index in [1.165, 1.54) is 32.1 Å². The van der Waals surface area contributed by atoms with Crippen LogP contribution in [0, 0.1) is 5.92 Å². The Hall–Kier alpha value is -0.0800. The van der Waals surface area contributed by atoms with Crippen LogP contribution >= 0.6 is 0 Å². The van der Waals surface area contributed by atoms with E-state index in [0.717, 1.165) is 12.5 Å². The molecule has 60 valence electrons. The van der Waals surface area contributed by atoms with Crippen LogP contribution in [-0.2, 0) is 0 Å². The first-order chi connectivity index (χ1) is 4.93. The van der Waals surface area contributed by atoms with Crippen molar-refractivity contribution in [2.24, 2.45) is 11.7 Å². The molecule has 0 atom stereocenters. The lowest BCUT2D eigenvalue weighted by molar-refractivity contribution is 0.585. The van der Waals surface area contributed by atoms with Gasteiger partial charge in [-0.1, -0.05) is 25.7 Å². The molecule has 0 amide bonds. The van der Waals surface area contributed by atoms with Gasteiger partial charge in [0.15, 0.2) is 0 Å². The third kappa shape index (κ3) is 3.85. The zero-order valence-corrected chi connectivity index (χ0v) is 6.60. The largest absolute Gasteiger partial charge is 0.318 e. The molecule has 1 rings (SSSR count). The fourth-order valence-corrected chi connectivity index (χ4v) is 1.19. The van der Waals surface area contributed by atoms with Crippen LogP contribution in [-0.4, -0.2) is 13.2 Å². The van der Waals surface area contributed by atoms with E-state index >= 15 is 0 Å². The van der Waals surface area contributed by atoms with Gasteiger partial charge in [0, 0.05) is 6.67 Å². The summed E-state index contributed by atoms with van der Waals surface area (Å²) >= 11 is 0. The van der Waals surface area contributed by atoms with Crippen LogP contribution in [0.1, 0.15) is 32.1 Å². The smallest absolute Gasteiger partial charge is 0.0428 e. The quantitative estimate of drug-likeness (QED) is 0.430. The van der Waals surface area contributed by atoms with Crippen LogP contribution in [0.2, 0.25) is 0 Å². The Morgan fingerprint density at radius 3 is 2.70 bits per heavy atom. The van der Waals surface area contributed by atoms with Crippen molar-refractivity contribution in [3.63, 3.8) is 0 Å². The molecule has 2 nitrogen and oxygen atoms in total. The molecule has 0 unspecified atom stereocenters. The van der Waals surface area contributed by atoms with Crippen LogP contribution in [0.3, 0.4) is 0 Å². The maximum Gasteiger partial charge on any atom is 0.0428 e. The molecule has 0 aromatic carbocycles. The summed E-state index contributed by atoms with van der Waals surface area (Å²) in [6.07, 6.45) is 7.12. The van der Waals surface area contributed by atoms with Gasteiger partial charge in [0.2, 0.25) is 0 Å². The van der Waals surface area contributed by atoms with Gasteiger partial charge in [-0.05, 0) is 18.9 Å². The molecule has 0 aliphatic heterocycles. The molecule has 0 heterocycles. The highest BCUT2D eigenvalue weighted by atomic mass is 14.9. The van der Waals surface area contributed by atoms with E-state index in [9.17, 15) is 0 Å². The molecule has 1 aliphatic rings. The van der Waals surface area contributed by atoms with Gasteiger partial charge in [0.25, 0.3) is 0 Å². The predicted octanol–water partition coefficient (Wildman–Crippen LogP) is 1.07. The van der Waals surface area contributed by atoms with Gasteiger partial charge in [0.05, 0.1) is 0 Å². The van der Waals surface area contributed by atoms with E-state index in [1.54, 1.807) is 0 Å². The average Bonchev–Trinajstić information content (AvgIpc) is 2.71. The highest BCUT2D eigenvalue weighted by molar-refractivity contribution is 4.72. The first-order valence-corrected chi connectivity index (χ1v) is 4.34. The van der Waals surface area contributed by atoms with E-state index in [2.05, 4.69) is 5.32 Å². The predicted molar refractivity (Wildman–Crippen MR) is 43.6 cm³/mol. The number of hydrogen-bond donors (Lipinski definition) is 2. The fraction of sp³-hybridized carbons (Fsp3) is 1.00. The lowest BCUT2D eigenvalue weighted by atomic mass is 10.2. The maximum absolute atomic E-state index is 5.27. The lowest BCUT2D eigenvalue weighted by Crippen LogP contribution is -2.23. The average molecular weight is 142 g/mol. The Bertz CT molecular complexity index is 79.3. The molecule has 0 saturated heterocycles. The van der Waals surface area contributed by atoms with Crippen molar-refractivity contribution in [2.45, 2.75) is 32.1 Å². The molecule has 0 radical (unpaired) electrons. The third-order valence-corrected chi connectivity index (χ3v) is 2.06. The van der Waals surface area contributed by atoms with E-state index < -0.39 is 0 Å². The molecule has 10 heavy (non-hydrogen) atoms. The van der Waals surface area contributed by atoms with E-state index in [4.69, 9.17) is 5.73 Å². The first-order valence-electron chi connectivity index (χ1n) is 4.34. The molecule has 2 heteroatoms. The molecule has 0 aromatic heterocycles. The Balaban J connectivity index is 1.68. The normalized spacial score (nSPS) is 17.7. The monoisotopic (exact) mass is 142 g/mol. The van der Waals surface area contributed by atoms with E-state index in [-0.39, 0.29) is 0 Å². The summed E-state index contributed by atoms with van der Waals surface area (Å²) in [6, 6.07) is 0. The minimum Gasteiger partial charge on any atom is -0.318 e. The summed E-state index contributed by atoms with van der Waals surface area (Å²) in [5, 5.41) is 3.12. The molecule has 0 aromatic rings. The van der Waals surface area contributed by atoms with E-state index in [1.807, 2.05) is 0 Å². The van der Waals surface area contributed by atoms with Crippen LogP contribution in [0.25, 0.3) is 0 Å². The number of rotatable bonds is 6. The second-order valence-electron chi connectivity index (χ2n) is 3.14. The van der Waals surface area contributed by atoms with Crippen LogP contribution < -0.4 is 11.1 Å². The second-order valence-corrected chi connectivity index (χ2v) is 3.14. The number of nitrogens with two attached hydrogens (primary N) is 1. The summed E-state index contributed by atoms with van der Waals surface area (Å²) in [4.78, 5) is 0. The summed E-state index contributed by atoms with van der Waals surface area (Å²) in [5.74, 6) is 1.10. The Morgan fingerprint density at radius 2 is 2.10 bits per heavy atom. The van der Waals surface area contributed by atoms with Crippen LogP contribution in [0.15, 0.2) is 0 Å². The van der Waals surface area contributed by atoms with Gasteiger partial charge in [0.1, 0.15) is 0 Å². The third-order valence-electron chi connectivity index (χ3n) is 2.06. The summed E-state index contributed by atoms with van der Waals surface area (Å²) < 4.78 is 0. The van der Waals surface area contributed by atoms with Gasteiger partial charge >= 0.3 is 0 Å². The second kappa shape index (κ2) is 4.69. The zero-order chi connectivity index (χ0) is 7.23. The fourth-order valence-electron chi connectivity index (χ4n) is 1.19. The summed E-state index contributed by atoms with van der Waals surface area (Å²) in [5.41, 5.74) is 5.27. The number of unbranched alkanes of at least 4 members (excludes halogenated alkanes) is 1. The zero-order valence-electron chi connectivity index (χ0n) is 6.60. The Morgan fingerprint density at radius 1 is 1.30 bits per heavy atom. The van der Waals surface area contributed by atoms with Crippen molar-refractivity contribution in [1.82, 2.24) is 5.32 Å². The van der Waals surface area contributed by atoms with Crippen molar-refractivity contribution in [3.8, 4) is 0 Å². The number of nitrogens with one attached hydrogen (secondary N) is 1. The Kier molecular flexibility index (Phi) is 3.76. The summed E-state index contributed by atoms with van der Waals surface area (Å²) in [6.45, 7) is 1.73. The first kappa shape index (κ1) is 8.02. The highest BCUT2D eigenvalue weighted by Crippen LogP contribution is 2.33. The van der Waals surface area contributed by atoms with E-state index in [0.29, 0.717) is 6.67 Å². The SMILES string of the molecule is NCNCCCCC1CC1. The maximum atomic E-state index is 5.27. The lowest BCUT2D eigenvalue weighted by Gasteiger charge is -1.99. The molecule has 0 spiro atoms. The van der Waals surface area contributed by atoms with Crippen LogP contribution in [0.4, 0.5) is 0 Å². The molecule has 1 fully saturated rings. The standard InChI is InChI=1S/C8H18N2/c9-7-10-6-2-1-3-8-4-5-8/h8,10H,1-7,9H2. The topological polar surface area (TPSA) is 38.0 Å². The van der Waals surface area contributed by atoms with Crippen molar-refractivity contribution < 1.29 is 0 Å². The molecule has 1 saturated carbocycles. The minimum absolute atomic E-state index is 0.628. The van der Waals surface area contributed by atoms with Crippen molar-refractivity contribution in [2.75, 3.05) is 13.2 Å². The number of hydrogen-bond acceptors (Lipinski definition) is 2. The van der Waals surface area contributed by atoms with Crippen molar-refractivity contribution >= 4 is 0 Å². The van der Waals surface area contributed by atoms with Gasteiger partial charge in [-0.2, -0.15) is 0 Å². The van der Waals surface area contributed by atoms with Gasteiger partial charge in [-0.3, -0.25) is 0 Å². The summed E-state index contributed by atoms with van der Waals surface area (Å²) in [7, 11) is 0. The van der Waals surface area contributed by atoms with Gasteiger partial charge in [-0.15, -0.1) is 0 Å². The van der Waals surface area contributed by atoms with Crippen LogP contribution in [0.5, 0.6) is 0 Å². The van der Waals surface area contributed by atoms with Crippen molar-refractivity contribution in [3.05, 3.63) is 0 Å². The molecule has 1 aliphatic carbocycles.